The minimum Gasteiger partial charge on any atom is -0.481 e. The maximum Gasteiger partial charge on any atom is 0.218 e. The van der Waals surface area contributed by atoms with Crippen LogP contribution in [0.2, 0.25) is 0 Å². The summed E-state index contributed by atoms with van der Waals surface area (Å²) in [6.07, 6.45) is 11.4. The first-order chi connectivity index (χ1) is 12.8. The molecule has 7 nitrogen and oxygen atoms in total. The number of hydrogen-bond donors (Lipinski definition) is 0. The van der Waals surface area contributed by atoms with E-state index in [2.05, 4.69) is 41.7 Å². The van der Waals surface area contributed by atoms with Gasteiger partial charge in [-0.25, -0.2) is 15.0 Å². The summed E-state index contributed by atoms with van der Waals surface area (Å²) in [5, 5.41) is 0. The van der Waals surface area contributed by atoms with Crippen LogP contribution in [0, 0.1) is 0 Å². The van der Waals surface area contributed by atoms with Gasteiger partial charge in [-0.2, -0.15) is 0 Å². The number of methoxy groups -OCH3 is 1. The summed E-state index contributed by atoms with van der Waals surface area (Å²) in [5.41, 5.74) is 1.18. The van der Waals surface area contributed by atoms with E-state index in [-0.39, 0.29) is 0 Å². The molecule has 1 fully saturated rings. The van der Waals surface area contributed by atoms with Crippen molar-refractivity contribution in [2.45, 2.75) is 25.3 Å². The maximum absolute atomic E-state index is 5.23. The fourth-order valence-electron chi connectivity index (χ4n) is 3.51. The molecule has 3 aromatic rings. The lowest BCUT2D eigenvalue weighted by Gasteiger charge is -2.33. The standard InChI is InChI=1S/C19H22N6O/c1-26-18-10-17(22-14-23-18)24-8-3-5-16(13-24)19-21-7-9-25(19)12-15-4-2-6-20-11-15/h2,4,6-7,9-11,14,16H,3,5,8,12-13H2,1H3. The van der Waals surface area contributed by atoms with Crippen LogP contribution in [0.15, 0.2) is 49.3 Å². The average Bonchev–Trinajstić information content (AvgIpc) is 3.17. The van der Waals surface area contributed by atoms with Crippen LogP contribution in [0.3, 0.4) is 0 Å². The minimum atomic E-state index is 0.372. The van der Waals surface area contributed by atoms with Crippen LogP contribution < -0.4 is 9.64 Å². The highest BCUT2D eigenvalue weighted by Crippen LogP contribution is 2.29. The van der Waals surface area contributed by atoms with E-state index < -0.39 is 0 Å². The smallest absolute Gasteiger partial charge is 0.218 e. The monoisotopic (exact) mass is 350 g/mol. The number of anilines is 1. The lowest BCUT2D eigenvalue weighted by Crippen LogP contribution is -2.36. The number of rotatable bonds is 5. The Morgan fingerprint density at radius 2 is 2.19 bits per heavy atom. The Hall–Kier alpha value is -2.96. The van der Waals surface area contributed by atoms with E-state index in [0.29, 0.717) is 11.8 Å². The van der Waals surface area contributed by atoms with Gasteiger partial charge >= 0.3 is 0 Å². The summed E-state index contributed by atoms with van der Waals surface area (Å²) in [5.74, 6) is 3.00. The molecule has 7 heteroatoms. The molecule has 4 heterocycles. The van der Waals surface area contributed by atoms with Crippen LogP contribution in [-0.2, 0) is 6.54 Å². The van der Waals surface area contributed by atoms with Crippen LogP contribution in [0.1, 0.15) is 30.1 Å². The van der Waals surface area contributed by atoms with Gasteiger partial charge in [0.25, 0.3) is 0 Å². The van der Waals surface area contributed by atoms with Gasteiger partial charge in [0.2, 0.25) is 5.88 Å². The van der Waals surface area contributed by atoms with Crippen molar-refractivity contribution in [3.05, 3.63) is 60.7 Å². The molecule has 4 rings (SSSR count). The lowest BCUT2D eigenvalue weighted by molar-refractivity contribution is 0.396. The number of imidazole rings is 1. The van der Waals surface area contributed by atoms with Gasteiger partial charge in [-0.1, -0.05) is 6.07 Å². The van der Waals surface area contributed by atoms with Crippen LogP contribution in [0.5, 0.6) is 5.88 Å². The largest absolute Gasteiger partial charge is 0.481 e. The maximum atomic E-state index is 5.23. The van der Waals surface area contributed by atoms with Crippen molar-refractivity contribution >= 4 is 5.82 Å². The van der Waals surface area contributed by atoms with Gasteiger partial charge in [-0.3, -0.25) is 4.98 Å². The summed E-state index contributed by atoms with van der Waals surface area (Å²) < 4.78 is 7.46. The highest BCUT2D eigenvalue weighted by Gasteiger charge is 2.25. The molecule has 1 aliphatic heterocycles. The number of piperidine rings is 1. The number of ether oxygens (including phenoxy) is 1. The predicted octanol–water partition coefficient (Wildman–Crippen LogP) is 2.51. The van der Waals surface area contributed by atoms with Crippen molar-refractivity contribution < 1.29 is 4.74 Å². The van der Waals surface area contributed by atoms with Crippen LogP contribution >= 0.6 is 0 Å². The van der Waals surface area contributed by atoms with E-state index in [1.165, 1.54) is 5.56 Å². The van der Waals surface area contributed by atoms with E-state index >= 15 is 0 Å². The van der Waals surface area contributed by atoms with Crippen LogP contribution in [0.25, 0.3) is 0 Å². The van der Waals surface area contributed by atoms with Crippen molar-refractivity contribution in [2.24, 2.45) is 0 Å². The van der Waals surface area contributed by atoms with Gasteiger partial charge in [0, 0.05) is 49.9 Å². The molecule has 0 bridgehead atoms. The van der Waals surface area contributed by atoms with E-state index in [9.17, 15) is 0 Å². The van der Waals surface area contributed by atoms with Gasteiger partial charge in [0.15, 0.2) is 0 Å². The van der Waals surface area contributed by atoms with Gasteiger partial charge in [-0.05, 0) is 24.5 Å². The summed E-state index contributed by atoms with van der Waals surface area (Å²) in [4.78, 5) is 19.7. The van der Waals surface area contributed by atoms with E-state index in [4.69, 9.17) is 4.74 Å². The summed E-state index contributed by atoms with van der Waals surface area (Å²) in [6, 6.07) is 5.96. The zero-order valence-corrected chi connectivity index (χ0v) is 14.8. The van der Waals surface area contributed by atoms with Gasteiger partial charge in [0.05, 0.1) is 13.7 Å². The highest BCUT2D eigenvalue weighted by molar-refractivity contribution is 5.42. The minimum absolute atomic E-state index is 0.372. The molecule has 0 amide bonds. The molecule has 26 heavy (non-hydrogen) atoms. The third kappa shape index (κ3) is 3.51. The third-order valence-corrected chi connectivity index (χ3v) is 4.77. The second-order valence-electron chi connectivity index (χ2n) is 6.48. The van der Waals surface area contributed by atoms with Crippen LogP contribution in [-0.4, -0.2) is 44.7 Å². The lowest BCUT2D eigenvalue weighted by atomic mass is 9.97. The van der Waals surface area contributed by atoms with Crippen LogP contribution in [0.4, 0.5) is 5.82 Å². The molecule has 134 valence electrons. The Balaban J connectivity index is 1.52. The molecule has 1 unspecified atom stereocenters. The molecule has 1 atom stereocenters. The quantitative estimate of drug-likeness (QED) is 0.704. The van der Waals surface area contributed by atoms with E-state index in [0.717, 1.165) is 44.1 Å². The van der Waals surface area contributed by atoms with Crippen molar-refractivity contribution in [1.29, 1.82) is 0 Å². The molecule has 0 radical (unpaired) electrons. The first-order valence-electron chi connectivity index (χ1n) is 8.84. The molecule has 1 saturated heterocycles. The van der Waals surface area contributed by atoms with E-state index in [1.54, 1.807) is 19.6 Å². The highest BCUT2D eigenvalue weighted by atomic mass is 16.5. The number of pyridine rings is 1. The molecule has 0 aromatic carbocycles. The van der Waals surface area contributed by atoms with E-state index in [1.807, 2.05) is 24.5 Å². The average molecular weight is 350 g/mol. The van der Waals surface area contributed by atoms with Crippen molar-refractivity contribution in [3.63, 3.8) is 0 Å². The molecular formula is C19H22N6O. The van der Waals surface area contributed by atoms with Gasteiger partial charge in [-0.15, -0.1) is 0 Å². The van der Waals surface area contributed by atoms with Crippen molar-refractivity contribution in [2.75, 3.05) is 25.1 Å². The summed E-state index contributed by atoms with van der Waals surface area (Å²) in [6.45, 7) is 2.67. The van der Waals surface area contributed by atoms with Crippen molar-refractivity contribution in [1.82, 2.24) is 24.5 Å². The third-order valence-electron chi connectivity index (χ3n) is 4.77. The normalized spacial score (nSPS) is 17.3. The summed E-state index contributed by atoms with van der Waals surface area (Å²) in [7, 11) is 1.63. The molecule has 1 aliphatic rings. The number of hydrogen-bond acceptors (Lipinski definition) is 6. The second-order valence-corrected chi connectivity index (χ2v) is 6.48. The Bertz CT molecular complexity index is 850. The topological polar surface area (TPSA) is 69.0 Å². The Morgan fingerprint density at radius 3 is 3.04 bits per heavy atom. The van der Waals surface area contributed by atoms with Gasteiger partial charge < -0.3 is 14.2 Å². The molecule has 0 N–H and O–H groups in total. The Morgan fingerprint density at radius 1 is 1.23 bits per heavy atom. The Kier molecular flexibility index (Phi) is 4.77. The number of aromatic nitrogens is 5. The summed E-state index contributed by atoms with van der Waals surface area (Å²) >= 11 is 0. The molecule has 0 spiro atoms. The molecule has 3 aromatic heterocycles. The molecule has 0 saturated carbocycles. The zero-order chi connectivity index (χ0) is 17.8. The zero-order valence-electron chi connectivity index (χ0n) is 14.8. The molecule has 0 aliphatic carbocycles. The molecular weight excluding hydrogens is 328 g/mol. The SMILES string of the molecule is COc1cc(N2CCCC(c3nccn3Cc3cccnc3)C2)ncn1. The van der Waals surface area contributed by atoms with Crippen molar-refractivity contribution in [3.8, 4) is 5.88 Å². The number of nitrogens with zero attached hydrogens (tertiary/aromatic N) is 6. The fourth-order valence-corrected chi connectivity index (χ4v) is 3.51. The predicted molar refractivity (Wildman–Crippen MR) is 98.3 cm³/mol. The Labute approximate surface area is 152 Å². The first kappa shape index (κ1) is 16.5. The van der Waals surface area contributed by atoms with Gasteiger partial charge in [0.1, 0.15) is 18.0 Å². The first-order valence-corrected chi connectivity index (χ1v) is 8.84. The second kappa shape index (κ2) is 7.51. The fraction of sp³-hybridized carbons (Fsp3) is 0.368.